The van der Waals surface area contributed by atoms with Crippen molar-refractivity contribution in [3.05, 3.63) is 59.7 Å². The number of hydrogen-bond acceptors (Lipinski definition) is 4. The molecular formula is C20H22N2O4S. The van der Waals surface area contributed by atoms with Gasteiger partial charge in [-0.15, -0.1) is 0 Å². The van der Waals surface area contributed by atoms with E-state index in [1.54, 1.807) is 12.1 Å². The molecule has 0 bridgehead atoms. The maximum absolute atomic E-state index is 12.5. The Morgan fingerprint density at radius 2 is 1.74 bits per heavy atom. The number of anilines is 1. The number of nitrogens with zero attached hydrogens (tertiary/aromatic N) is 1. The fourth-order valence-corrected chi connectivity index (χ4v) is 4.62. The summed E-state index contributed by atoms with van der Waals surface area (Å²) in [5.74, 6) is -0.331. The van der Waals surface area contributed by atoms with Crippen molar-refractivity contribution in [2.75, 3.05) is 11.9 Å². The first-order valence-electron chi connectivity index (χ1n) is 8.86. The van der Waals surface area contributed by atoms with E-state index in [9.17, 15) is 18.0 Å². The molecule has 0 aromatic heterocycles. The highest BCUT2D eigenvalue weighted by molar-refractivity contribution is 7.90. The van der Waals surface area contributed by atoms with Crippen LogP contribution < -0.4 is 5.32 Å². The monoisotopic (exact) mass is 386 g/mol. The number of nitrogens with one attached hydrogen (secondary N) is 1. The zero-order valence-electron chi connectivity index (χ0n) is 15.3. The molecule has 142 valence electrons. The fraction of sp³-hybridized carbons (Fsp3) is 0.300. The topological polar surface area (TPSA) is 83.6 Å². The molecule has 3 rings (SSSR count). The van der Waals surface area contributed by atoms with E-state index in [0.29, 0.717) is 11.6 Å². The highest BCUT2D eigenvalue weighted by Crippen LogP contribution is 2.30. The van der Waals surface area contributed by atoms with E-state index >= 15 is 0 Å². The Bertz CT molecular complexity index is 966. The molecule has 0 atom stereocenters. The SMILES string of the molecule is CC(C)c1ccc(NC(=O)CCCN2C(=O)c3ccccc3S2(=O)=O)cc1. The van der Waals surface area contributed by atoms with Gasteiger partial charge in [-0.05, 0) is 42.2 Å². The summed E-state index contributed by atoms with van der Waals surface area (Å²) < 4.78 is 25.8. The number of fused-ring (bicyclic) bond motifs is 1. The first-order valence-corrected chi connectivity index (χ1v) is 10.3. The molecule has 6 nitrogen and oxygen atoms in total. The molecule has 0 unspecified atom stereocenters. The Morgan fingerprint density at radius 1 is 1.07 bits per heavy atom. The van der Waals surface area contributed by atoms with Crippen molar-refractivity contribution in [1.29, 1.82) is 0 Å². The van der Waals surface area contributed by atoms with Crippen molar-refractivity contribution >= 4 is 27.5 Å². The molecule has 7 heteroatoms. The summed E-state index contributed by atoms with van der Waals surface area (Å²) in [5.41, 5.74) is 2.07. The Morgan fingerprint density at radius 3 is 2.37 bits per heavy atom. The highest BCUT2D eigenvalue weighted by atomic mass is 32.2. The maximum Gasteiger partial charge on any atom is 0.269 e. The van der Waals surface area contributed by atoms with E-state index in [1.165, 1.54) is 17.7 Å². The summed E-state index contributed by atoms with van der Waals surface area (Å²) in [6, 6.07) is 13.8. The average Bonchev–Trinajstić information content (AvgIpc) is 2.83. The van der Waals surface area contributed by atoms with Gasteiger partial charge < -0.3 is 5.32 Å². The normalized spacial score (nSPS) is 15.1. The molecule has 1 N–H and O–H groups in total. The molecule has 1 aliphatic heterocycles. The third kappa shape index (κ3) is 3.88. The number of carbonyl (C=O) groups excluding carboxylic acids is 2. The van der Waals surface area contributed by atoms with Crippen molar-refractivity contribution in [3.63, 3.8) is 0 Å². The van der Waals surface area contributed by atoms with E-state index in [4.69, 9.17) is 0 Å². The van der Waals surface area contributed by atoms with Gasteiger partial charge in [-0.2, -0.15) is 0 Å². The molecule has 2 amide bonds. The van der Waals surface area contributed by atoms with Gasteiger partial charge in [0, 0.05) is 18.7 Å². The molecule has 0 aliphatic carbocycles. The van der Waals surface area contributed by atoms with Gasteiger partial charge in [0.15, 0.2) is 0 Å². The molecular weight excluding hydrogens is 364 g/mol. The van der Waals surface area contributed by atoms with Crippen LogP contribution >= 0.6 is 0 Å². The Labute approximate surface area is 159 Å². The Balaban J connectivity index is 1.55. The van der Waals surface area contributed by atoms with Crippen LogP contribution in [-0.4, -0.2) is 31.1 Å². The van der Waals surface area contributed by atoms with Gasteiger partial charge in [-0.25, -0.2) is 12.7 Å². The molecule has 2 aromatic carbocycles. The fourth-order valence-electron chi connectivity index (χ4n) is 3.01. The van der Waals surface area contributed by atoms with E-state index in [2.05, 4.69) is 19.2 Å². The lowest BCUT2D eigenvalue weighted by Crippen LogP contribution is -2.31. The molecule has 1 heterocycles. The van der Waals surface area contributed by atoms with Gasteiger partial charge in [0.05, 0.1) is 5.56 Å². The summed E-state index contributed by atoms with van der Waals surface area (Å²) in [7, 11) is -3.81. The second-order valence-electron chi connectivity index (χ2n) is 6.81. The summed E-state index contributed by atoms with van der Waals surface area (Å²) in [6.07, 6.45) is 0.385. The smallest absolute Gasteiger partial charge is 0.269 e. The summed E-state index contributed by atoms with van der Waals surface area (Å²) in [4.78, 5) is 24.4. The number of carbonyl (C=O) groups is 2. The standard InChI is InChI=1S/C20H22N2O4S/c1-14(2)15-9-11-16(12-10-15)21-19(23)8-5-13-22-20(24)17-6-3-4-7-18(17)27(22,25)26/h3-4,6-7,9-12,14H,5,8,13H2,1-2H3,(H,21,23). The zero-order chi connectivity index (χ0) is 19.6. The summed E-state index contributed by atoms with van der Waals surface area (Å²) in [5, 5.41) is 2.79. The first-order chi connectivity index (χ1) is 12.8. The van der Waals surface area contributed by atoms with Crippen LogP contribution in [0.1, 0.15) is 48.5 Å². The third-order valence-corrected chi connectivity index (χ3v) is 6.38. The average molecular weight is 386 g/mol. The molecule has 0 fully saturated rings. The van der Waals surface area contributed by atoms with Gasteiger partial charge >= 0.3 is 0 Å². The second-order valence-corrected chi connectivity index (χ2v) is 8.64. The van der Waals surface area contributed by atoms with Crippen LogP contribution in [0.3, 0.4) is 0 Å². The van der Waals surface area contributed by atoms with Crippen molar-refractivity contribution in [1.82, 2.24) is 4.31 Å². The molecule has 0 saturated carbocycles. The summed E-state index contributed by atoms with van der Waals surface area (Å²) >= 11 is 0. The minimum absolute atomic E-state index is 0.0183. The number of sulfonamides is 1. The number of hydrogen-bond donors (Lipinski definition) is 1. The van der Waals surface area contributed by atoms with Gasteiger partial charge in [0.2, 0.25) is 5.91 Å². The quantitative estimate of drug-likeness (QED) is 0.825. The Kier molecular flexibility index (Phi) is 5.32. The van der Waals surface area contributed by atoms with Crippen LogP contribution in [0.2, 0.25) is 0 Å². The van der Waals surface area contributed by atoms with E-state index in [0.717, 1.165) is 4.31 Å². The van der Waals surface area contributed by atoms with Gasteiger partial charge in [0.25, 0.3) is 15.9 Å². The van der Waals surface area contributed by atoms with E-state index in [1.807, 2.05) is 24.3 Å². The lowest BCUT2D eigenvalue weighted by atomic mass is 10.0. The number of amides is 2. The van der Waals surface area contributed by atoms with Gasteiger partial charge in [-0.3, -0.25) is 9.59 Å². The second kappa shape index (κ2) is 7.52. The van der Waals surface area contributed by atoms with Crippen molar-refractivity contribution in [2.24, 2.45) is 0 Å². The Hall–Kier alpha value is -2.67. The van der Waals surface area contributed by atoms with Crippen molar-refractivity contribution < 1.29 is 18.0 Å². The summed E-state index contributed by atoms with van der Waals surface area (Å²) in [6.45, 7) is 4.18. The highest BCUT2D eigenvalue weighted by Gasteiger charge is 2.40. The molecule has 0 saturated heterocycles. The zero-order valence-corrected chi connectivity index (χ0v) is 16.1. The minimum atomic E-state index is -3.81. The van der Waals surface area contributed by atoms with Gasteiger partial charge in [0.1, 0.15) is 4.90 Å². The molecule has 0 spiro atoms. The van der Waals surface area contributed by atoms with Gasteiger partial charge in [-0.1, -0.05) is 38.1 Å². The molecule has 1 aliphatic rings. The first kappa shape index (κ1) is 19.1. The number of benzene rings is 2. The largest absolute Gasteiger partial charge is 0.326 e. The van der Waals surface area contributed by atoms with E-state index in [-0.39, 0.29) is 35.8 Å². The maximum atomic E-state index is 12.5. The van der Waals surface area contributed by atoms with Crippen LogP contribution in [0.5, 0.6) is 0 Å². The van der Waals surface area contributed by atoms with Crippen molar-refractivity contribution in [3.8, 4) is 0 Å². The van der Waals surface area contributed by atoms with Crippen molar-refractivity contribution in [2.45, 2.75) is 37.5 Å². The predicted octanol–water partition coefficient (Wildman–Crippen LogP) is 3.37. The lowest BCUT2D eigenvalue weighted by molar-refractivity contribution is -0.116. The number of rotatable bonds is 6. The molecule has 2 aromatic rings. The minimum Gasteiger partial charge on any atom is -0.326 e. The van der Waals surface area contributed by atoms with Crippen LogP contribution in [0, 0.1) is 0 Å². The lowest BCUT2D eigenvalue weighted by Gasteiger charge is -2.14. The third-order valence-electron chi connectivity index (χ3n) is 4.54. The van der Waals surface area contributed by atoms with Crippen LogP contribution in [0.15, 0.2) is 53.4 Å². The van der Waals surface area contributed by atoms with Crippen LogP contribution in [0.25, 0.3) is 0 Å². The van der Waals surface area contributed by atoms with Crippen LogP contribution in [0.4, 0.5) is 5.69 Å². The van der Waals surface area contributed by atoms with Crippen LogP contribution in [-0.2, 0) is 14.8 Å². The molecule has 27 heavy (non-hydrogen) atoms. The predicted molar refractivity (Wildman–Crippen MR) is 103 cm³/mol. The van der Waals surface area contributed by atoms with E-state index < -0.39 is 15.9 Å². The molecule has 0 radical (unpaired) electrons.